The van der Waals surface area contributed by atoms with Crippen molar-refractivity contribution in [1.82, 2.24) is 9.97 Å². The second-order valence-electron chi connectivity index (χ2n) is 7.06. The highest BCUT2D eigenvalue weighted by atomic mass is 35.5. The molecule has 0 aromatic carbocycles. The summed E-state index contributed by atoms with van der Waals surface area (Å²) in [5, 5.41) is 0.967. The number of aromatic nitrogens is 2. The van der Waals surface area contributed by atoms with Crippen LogP contribution in [0.1, 0.15) is 44.5 Å². The van der Waals surface area contributed by atoms with Gasteiger partial charge in [0.15, 0.2) is 8.32 Å². The van der Waals surface area contributed by atoms with Crippen molar-refractivity contribution in [3.63, 3.8) is 0 Å². The van der Waals surface area contributed by atoms with Crippen molar-refractivity contribution in [1.29, 1.82) is 0 Å². The zero-order valence-corrected chi connectivity index (χ0v) is 16.8. The molecule has 124 valence electrons. The molecule has 0 saturated heterocycles. The highest BCUT2D eigenvalue weighted by Gasteiger charge is 2.38. The third-order valence-electron chi connectivity index (χ3n) is 4.28. The van der Waals surface area contributed by atoms with Crippen LogP contribution in [0.2, 0.25) is 28.4 Å². The van der Waals surface area contributed by atoms with Gasteiger partial charge in [0.05, 0.1) is 0 Å². The van der Waals surface area contributed by atoms with E-state index in [-0.39, 0.29) is 11.0 Å². The lowest BCUT2D eigenvalue weighted by atomic mass is 9.99. The van der Waals surface area contributed by atoms with E-state index in [1.165, 1.54) is 0 Å². The van der Waals surface area contributed by atoms with Crippen LogP contribution in [-0.4, -0.2) is 24.9 Å². The number of nitrogens with zero attached hydrogens (tertiary/aromatic N) is 2. The Labute approximate surface area is 145 Å². The lowest BCUT2D eigenvalue weighted by Gasteiger charge is -2.37. The summed E-state index contributed by atoms with van der Waals surface area (Å²) in [5.41, 5.74) is 0.757. The van der Waals surface area contributed by atoms with E-state index in [0.29, 0.717) is 22.7 Å². The molecule has 0 saturated carbocycles. The molecule has 0 fully saturated rings. The van der Waals surface area contributed by atoms with Gasteiger partial charge in [-0.25, -0.2) is 9.97 Å². The van der Waals surface area contributed by atoms with Gasteiger partial charge in [-0.2, -0.15) is 0 Å². The monoisotopic (exact) mass is 360 g/mol. The summed E-state index contributed by atoms with van der Waals surface area (Å²) in [6.07, 6.45) is 2.58. The van der Waals surface area contributed by atoms with Crippen molar-refractivity contribution in [2.45, 2.75) is 58.2 Å². The summed E-state index contributed by atoms with van der Waals surface area (Å²) in [6.45, 7) is 17.3. The third kappa shape index (κ3) is 4.78. The molecule has 6 heteroatoms. The topological polar surface area (TPSA) is 35.0 Å². The van der Waals surface area contributed by atoms with Crippen LogP contribution < -0.4 is 0 Å². The molecular formula is C16H26Cl2N2OSi. The minimum Gasteiger partial charge on any atom is -0.416 e. The van der Waals surface area contributed by atoms with E-state index in [1.54, 1.807) is 6.92 Å². The number of hydrogen-bond donors (Lipinski definition) is 0. The lowest BCUT2D eigenvalue weighted by molar-refractivity contribution is 0.262. The largest absolute Gasteiger partial charge is 0.416 e. The maximum absolute atomic E-state index is 6.32. The fourth-order valence-electron chi connectivity index (χ4n) is 1.85. The number of allylic oxidation sites excluding steroid dienone is 1. The van der Waals surface area contributed by atoms with Gasteiger partial charge >= 0.3 is 0 Å². The number of aryl methyl sites for hydroxylation is 1. The Hall–Kier alpha value is -0.423. The van der Waals surface area contributed by atoms with Crippen LogP contribution in [0.25, 0.3) is 0 Å². The summed E-state index contributed by atoms with van der Waals surface area (Å²) >= 11 is 12.6. The third-order valence-corrected chi connectivity index (χ3v) is 9.35. The second kappa shape index (κ2) is 7.43. The quantitative estimate of drug-likeness (QED) is 0.366. The van der Waals surface area contributed by atoms with Crippen LogP contribution in [0.4, 0.5) is 0 Å². The fraction of sp³-hybridized carbons (Fsp3) is 0.625. The van der Waals surface area contributed by atoms with Crippen molar-refractivity contribution in [2.75, 3.05) is 6.61 Å². The first kappa shape index (κ1) is 19.6. The van der Waals surface area contributed by atoms with Crippen molar-refractivity contribution in [2.24, 2.45) is 0 Å². The molecule has 1 heterocycles. The highest BCUT2D eigenvalue weighted by Crippen LogP contribution is 2.39. The van der Waals surface area contributed by atoms with Crippen molar-refractivity contribution < 1.29 is 4.43 Å². The summed E-state index contributed by atoms with van der Waals surface area (Å²) < 4.78 is 6.32. The molecule has 3 nitrogen and oxygen atoms in total. The smallest absolute Gasteiger partial charge is 0.192 e. The molecule has 0 aliphatic carbocycles. The molecule has 1 unspecified atom stereocenters. The van der Waals surface area contributed by atoms with Gasteiger partial charge in [0.1, 0.15) is 16.1 Å². The molecule has 1 aromatic heterocycles. The second-order valence-corrected chi connectivity index (χ2v) is 12.6. The first-order valence-electron chi connectivity index (χ1n) is 7.44. The van der Waals surface area contributed by atoms with E-state index < -0.39 is 8.32 Å². The Morgan fingerprint density at radius 1 is 1.23 bits per heavy atom. The van der Waals surface area contributed by atoms with E-state index >= 15 is 0 Å². The minimum absolute atomic E-state index is 0.0206. The molecule has 1 rings (SSSR count). The molecule has 22 heavy (non-hydrogen) atoms. The van der Waals surface area contributed by atoms with Crippen molar-refractivity contribution in [3.05, 3.63) is 34.3 Å². The summed E-state index contributed by atoms with van der Waals surface area (Å²) in [4.78, 5) is 8.44. The number of hydrogen-bond acceptors (Lipinski definition) is 3. The predicted molar refractivity (Wildman–Crippen MR) is 97.5 cm³/mol. The molecule has 0 N–H and O–H groups in total. The van der Waals surface area contributed by atoms with Crippen LogP contribution in [-0.2, 0) is 4.43 Å². The number of rotatable bonds is 6. The molecule has 0 bridgehead atoms. The van der Waals surface area contributed by atoms with Gasteiger partial charge in [0.25, 0.3) is 0 Å². The lowest BCUT2D eigenvalue weighted by Crippen LogP contribution is -2.41. The zero-order valence-electron chi connectivity index (χ0n) is 14.3. The standard InChI is InChI=1S/C16H26Cl2N2OSi/c1-8-9-12(10-21-22(6,7)16(3,4)5)13-14(17)19-11(2)20-15(13)18/h8,12H,1,9-10H2,2-7H3. The van der Waals surface area contributed by atoms with Crippen molar-refractivity contribution >= 4 is 31.5 Å². The van der Waals surface area contributed by atoms with E-state index in [9.17, 15) is 0 Å². The Morgan fingerprint density at radius 2 is 1.73 bits per heavy atom. The van der Waals surface area contributed by atoms with Crippen LogP contribution >= 0.6 is 23.2 Å². The van der Waals surface area contributed by atoms with Crippen LogP contribution in [0.5, 0.6) is 0 Å². The van der Waals surface area contributed by atoms with Crippen LogP contribution in [0.3, 0.4) is 0 Å². The molecule has 0 aliphatic heterocycles. The molecule has 0 spiro atoms. The highest BCUT2D eigenvalue weighted by molar-refractivity contribution is 6.74. The van der Waals surface area contributed by atoms with Gasteiger partial charge in [-0.05, 0) is 31.5 Å². The fourth-order valence-corrected chi connectivity index (χ4v) is 3.68. The average molecular weight is 361 g/mol. The van der Waals surface area contributed by atoms with Crippen LogP contribution in [0.15, 0.2) is 12.7 Å². The zero-order chi connectivity index (χ0) is 17.1. The van der Waals surface area contributed by atoms with E-state index in [4.69, 9.17) is 27.6 Å². The van der Waals surface area contributed by atoms with Gasteiger partial charge in [0.2, 0.25) is 0 Å². The van der Waals surface area contributed by atoms with Gasteiger partial charge in [-0.1, -0.05) is 50.0 Å². The molecule has 1 atom stereocenters. The summed E-state index contributed by atoms with van der Waals surface area (Å²) in [6, 6.07) is 0. The molecule has 0 radical (unpaired) electrons. The first-order chi connectivity index (χ1) is 9.99. The van der Waals surface area contributed by atoms with E-state index in [0.717, 1.165) is 12.0 Å². The summed E-state index contributed by atoms with van der Waals surface area (Å²) in [5.74, 6) is 0.591. The van der Waals surface area contributed by atoms with E-state index in [2.05, 4.69) is 50.4 Å². The predicted octanol–water partition coefficient (Wildman–Crippen LogP) is 5.77. The molecular weight excluding hydrogens is 335 g/mol. The van der Waals surface area contributed by atoms with Gasteiger partial charge in [-0.3, -0.25) is 0 Å². The van der Waals surface area contributed by atoms with Crippen molar-refractivity contribution in [3.8, 4) is 0 Å². The molecule has 0 aliphatic rings. The van der Waals surface area contributed by atoms with Crippen LogP contribution in [0, 0.1) is 6.92 Å². The maximum atomic E-state index is 6.32. The number of halogens is 2. The Morgan fingerprint density at radius 3 is 2.14 bits per heavy atom. The van der Waals surface area contributed by atoms with Gasteiger partial charge in [0, 0.05) is 18.1 Å². The normalized spacial score (nSPS) is 14.0. The molecule has 0 amide bonds. The maximum Gasteiger partial charge on any atom is 0.192 e. The SMILES string of the molecule is C=CCC(CO[Si](C)(C)C(C)(C)C)c1c(Cl)nc(C)nc1Cl. The van der Waals surface area contributed by atoms with Gasteiger partial charge < -0.3 is 4.43 Å². The first-order valence-corrected chi connectivity index (χ1v) is 11.1. The Kier molecular flexibility index (Phi) is 6.63. The Balaban J connectivity index is 3.04. The average Bonchev–Trinajstić information content (AvgIpc) is 2.33. The molecule has 1 aromatic rings. The van der Waals surface area contributed by atoms with E-state index in [1.807, 2.05) is 6.08 Å². The summed E-state index contributed by atoms with van der Waals surface area (Å²) in [7, 11) is -1.84. The Bertz CT molecular complexity index is 518. The minimum atomic E-state index is -1.84. The van der Waals surface area contributed by atoms with Gasteiger partial charge in [-0.15, -0.1) is 6.58 Å².